The molecule has 0 aliphatic carbocycles. The highest BCUT2D eigenvalue weighted by molar-refractivity contribution is 6.30. The van der Waals surface area contributed by atoms with Crippen molar-refractivity contribution >= 4 is 11.6 Å². The fourth-order valence-corrected chi connectivity index (χ4v) is 4.83. The van der Waals surface area contributed by atoms with Gasteiger partial charge in [-0.05, 0) is 50.6 Å². The maximum absolute atomic E-state index is 10.7. The van der Waals surface area contributed by atoms with Crippen LogP contribution in [0.15, 0.2) is 30.5 Å². The normalized spacial score (nSPS) is 27.9. The van der Waals surface area contributed by atoms with E-state index in [1.54, 1.807) is 0 Å². The number of aliphatic hydroxyl groups is 1. The number of aromatic nitrogens is 2. The second kappa shape index (κ2) is 7.31. The number of halogens is 1. The van der Waals surface area contributed by atoms with Crippen LogP contribution >= 0.6 is 11.6 Å². The Morgan fingerprint density at radius 2 is 2.08 bits per heavy atom. The first-order valence-corrected chi connectivity index (χ1v) is 9.81. The molecule has 2 atom stereocenters. The zero-order chi connectivity index (χ0) is 18.1. The van der Waals surface area contributed by atoms with Crippen molar-refractivity contribution in [2.75, 3.05) is 33.2 Å². The molecule has 0 saturated carbocycles. The summed E-state index contributed by atoms with van der Waals surface area (Å²) in [4.78, 5) is 4.85. The minimum atomic E-state index is -0.193. The van der Waals surface area contributed by atoms with Crippen LogP contribution in [0.25, 0.3) is 11.3 Å². The summed E-state index contributed by atoms with van der Waals surface area (Å²) in [5.41, 5.74) is 3.37. The first kappa shape index (κ1) is 18.0. The topological polar surface area (TPSA) is 55.4 Å². The maximum atomic E-state index is 10.7. The number of benzene rings is 1. The molecule has 4 rings (SSSR count). The Morgan fingerprint density at radius 1 is 1.27 bits per heavy atom. The van der Waals surface area contributed by atoms with Crippen molar-refractivity contribution in [2.24, 2.45) is 5.41 Å². The summed E-state index contributed by atoms with van der Waals surface area (Å²) < 4.78 is 0. The van der Waals surface area contributed by atoms with Gasteiger partial charge in [0.05, 0.1) is 18.0 Å². The molecule has 2 aliphatic heterocycles. The van der Waals surface area contributed by atoms with E-state index in [2.05, 4.69) is 27.0 Å². The highest BCUT2D eigenvalue weighted by Crippen LogP contribution is 2.39. The number of nitrogens with one attached hydrogen (secondary N) is 1. The molecule has 2 fully saturated rings. The molecule has 2 N–H and O–H groups in total. The summed E-state index contributed by atoms with van der Waals surface area (Å²) in [6, 6.07) is 7.87. The van der Waals surface area contributed by atoms with Crippen LogP contribution in [0.1, 0.15) is 24.8 Å². The predicted molar refractivity (Wildman–Crippen MR) is 104 cm³/mol. The molecule has 0 bridgehead atoms. The van der Waals surface area contributed by atoms with Crippen LogP contribution in [0.3, 0.4) is 0 Å². The van der Waals surface area contributed by atoms with Gasteiger partial charge in [-0.25, -0.2) is 0 Å². The van der Waals surface area contributed by atoms with Crippen molar-refractivity contribution in [1.82, 2.24) is 20.0 Å². The lowest BCUT2D eigenvalue weighted by Crippen LogP contribution is -2.58. The van der Waals surface area contributed by atoms with Gasteiger partial charge in [-0.2, -0.15) is 5.10 Å². The molecule has 6 heteroatoms. The Bertz CT molecular complexity index is 747. The molecular weight excluding hydrogens is 348 g/mol. The first-order valence-electron chi connectivity index (χ1n) is 9.43. The average Bonchev–Trinajstić information content (AvgIpc) is 3.07. The van der Waals surface area contributed by atoms with Gasteiger partial charge < -0.3 is 10.0 Å². The number of likely N-dealkylation sites (tertiary alicyclic amines) is 2. The summed E-state index contributed by atoms with van der Waals surface area (Å²) in [5, 5.41) is 18.9. The van der Waals surface area contributed by atoms with E-state index < -0.39 is 0 Å². The lowest BCUT2D eigenvalue weighted by molar-refractivity contribution is -0.0807. The zero-order valence-electron chi connectivity index (χ0n) is 15.3. The second-order valence-corrected chi connectivity index (χ2v) is 8.43. The molecule has 2 aromatic rings. The largest absolute Gasteiger partial charge is 0.392 e. The lowest BCUT2D eigenvalue weighted by Gasteiger charge is -2.50. The number of piperidine rings is 2. The third-order valence-electron chi connectivity index (χ3n) is 6.01. The van der Waals surface area contributed by atoms with Gasteiger partial charge in [-0.1, -0.05) is 23.7 Å². The second-order valence-electron chi connectivity index (χ2n) is 8.00. The third kappa shape index (κ3) is 3.54. The molecular formula is C20H27ClN4O. The molecule has 0 unspecified atom stereocenters. The van der Waals surface area contributed by atoms with Crippen LogP contribution in [0.5, 0.6) is 0 Å². The van der Waals surface area contributed by atoms with E-state index in [1.165, 1.54) is 5.56 Å². The maximum Gasteiger partial charge on any atom is 0.0695 e. The van der Waals surface area contributed by atoms with Crippen molar-refractivity contribution in [3.63, 3.8) is 0 Å². The highest BCUT2D eigenvalue weighted by Gasteiger charge is 2.44. The number of rotatable bonds is 3. The number of aromatic amines is 1. The van der Waals surface area contributed by atoms with E-state index in [0.717, 1.165) is 68.3 Å². The van der Waals surface area contributed by atoms with Crippen molar-refractivity contribution in [1.29, 1.82) is 0 Å². The van der Waals surface area contributed by atoms with Crippen molar-refractivity contribution in [3.05, 3.63) is 41.0 Å². The number of hydrogen-bond donors (Lipinski definition) is 2. The Balaban J connectivity index is 1.51. The molecule has 0 radical (unpaired) electrons. The van der Waals surface area contributed by atoms with E-state index in [-0.39, 0.29) is 11.5 Å². The number of H-pyrrole nitrogens is 1. The van der Waals surface area contributed by atoms with E-state index in [1.807, 2.05) is 30.5 Å². The monoisotopic (exact) mass is 374 g/mol. The predicted octanol–water partition coefficient (Wildman–Crippen LogP) is 3.01. The summed E-state index contributed by atoms with van der Waals surface area (Å²) >= 11 is 6.01. The Kier molecular flexibility index (Phi) is 5.06. The van der Waals surface area contributed by atoms with Gasteiger partial charge in [-0.15, -0.1) is 0 Å². The number of aliphatic hydroxyl groups excluding tert-OH is 1. The quantitative estimate of drug-likeness (QED) is 0.867. The smallest absolute Gasteiger partial charge is 0.0695 e. The number of hydrogen-bond acceptors (Lipinski definition) is 4. The van der Waals surface area contributed by atoms with Crippen molar-refractivity contribution in [3.8, 4) is 11.3 Å². The molecule has 1 aromatic heterocycles. The van der Waals surface area contributed by atoms with E-state index in [4.69, 9.17) is 11.6 Å². The van der Waals surface area contributed by atoms with Crippen LogP contribution in [0.4, 0.5) is 0 Å². The van der Waals surface area contributed by atoms with Gasteiger partial charge in [-0.3, -0.25) is 10.00 Å². The molecule has 3 heterocycles. The summed E-state index contributed by atoms with van der Waals surface area (Å²) in [5.74, 6) is 0. The molecule has 1 aromatic carbocycles. The molecule has 140 valence electrons. The Labute approximate surface area is 160 Å². The van der Waals surface area contributed by atoms with Crippen LogP contribution in [-0.4, -0.2) is 64.4 Å². The zero-order valence-corrected chi connectivity index (χ0v) is 16.0. The Hall–Kier alpha value is -1.40. The number of nitrogens with zero attached hydrogens (tertiary/aromatic N) is 3. The van der Waals surface area contributed by atoms with Gasteiger partial charge in [0.2, 0.25) is 0 Å². The molecule has 0 amide bonds. The van der Waals surface area contributed by atoms with Gasteiger partial charge in [0, 0.05) is 42.2 Å². The molecule has 2 aliphatic rings. The summed E-state index contributed by atoms with van der Waals surface area (Å²) in [7, 11) is 2.17. The van der Waals surface area contributed by atoms with Crippen LogP contribution in [-0.2, 0) is 6.54 Å². The molecule has 26 heavy (non-hydrogen) atoms. The first-order chi connectivity index (χ1) is 12.6. The highest BCUT2D eigenvalue weighted by atomic mass is 35.5. The minimum absolute atomic E-state index is 0.00935. The van der Waals surface area contributed by atoms with Crippen LogP contribution < -0.4 is 0 Å². The lowest BCUT2D eigenvalue weighted by atomic mass is 9.71. The van der Waals surface area contributed by atoms with E-state index in [0.29, 0.717) is 0 Å². The van der Waals surface area contributed by atoms with Crippen LogP contribution in [0, 0.1) is 5.41 Å². The average molecular weight is 375 g/mol. The van der Waals surface area contributed by atoms with E-state index >= 15 is 0 Å². The van der Waals surface area contributed by atoms with E-state index in [9.17, 15) is 5.11 Å². The molecule has 1 spiro atoms. The van der Waals surface area contributed by atoms with Crippen molar-refractivity contribution in [2.45, 2.75) is 31.9 Å². The van der Waals surface area contributed by atoms with Crippen LogP contribution in [0.2, 0.25) is 5.02 Å². The SMILES string of the molecule is CN1CC[C@H](O)[C@@]2(CCCN(Cc3cn[nH]c3-c3ccc(Cl)cc3)C2)C1. The standard InChI is InChI=1S/C20H27ClN4O/c1-24-10-7-18(26)20(13-24)8-2-9-25(14-20)12-16-11-22-23-19(16)15-3-5-17(21)6-4-15/h3-6,11,18,26H,2,7-10,12-14H2,1H3,(H,22,23)/t18-,20-/m0/s1. The summed E-state index contributed by atoms with van der Waals surface area (Å²) in [6.07, 6.45) is 4.87. The third-order valence-corrected chi connectivity index (χ3v) is 6.26. The van der Waals surface area contributed by atoms with Gasteiger partial charge in [0.1, 0.15) is 0 Å². The van der Waals surface area contributed by atoms with Gasteiger partial charge in [0.25, 0.3) is 0 Å². The molecule has 2 saturated heterocycles. The molecule has 5 nitrogen and oxygen atoms in total. The summed E-state index contributed by atoms with van der Waals surface area (Å²) in [6.45, 7) is 4.85. The fourth-order valence-electron chi connectivity index (χ4n) is 4.70. The van der Waals surface area contributed by atoms with Crippen molar-refractivity contribution < 1.29 is 5.11 Å². The van der Waals surface area contributed by atoms with Gasteiger partial charge >= 0.3 is 0 Å². The fraction of sp³-hybridized carbons (Fsp3) is 0.550. The Morgan fingerprint density at radius 3 is 2.88 bits per heavy atom. The minimum Gasteiger partial charge on any atom is -0.392 e. The van der Waals surface area contributed by atoms with Gasteiger partial charge in [0.15, 0.2) is 0 Å².